The smallest absolute Gasteiger partial charge is 0.317 e. The minimum atomic E-state index is -0.775. The third-order valence-electron chi connectivity index (χ3n) is 6.11. The van der Waals surface area contributed by atoms with Crippen molar-refractivity contribution in [1.82, 2.24) is 20.0 Å². The first kappa shape index (κ1) is 27.8. The maximum Gasteiger partial charge on any atom is 0.317 e. The Labute approximate surface area is 214 Å². The van der Waals surface area contributed by atoms with E-state index in [2.05, 4.69) is 20.6 Å². The monoisotopic (exact) mass is 514 g/mol. The lowest BCUT2D eigenvalue weighted by molar-refractivity contribution is 0.0957. The fourth-order valence-corrected chi connectivity index (χ4v) is 4.14. The molecule has 4 rings (SSSR count). The lowest BCUT2D eigenvalue weighted by atomic mass is 9.98. The van der Waals surface area contributed by atoms with Crippen molar-refractivity contribution in [1.29, 1.82) is 0 Å². The van der Waals surface area contributed by atoms with E-state index in [0.717, 1.165) is 37.3 Å². The number of methoxy groups -OCH3 is 1. The Kier molecular flexibility index (Phi) is 9.70. The summed E-state index contributed by atoms with van der Waals surface area (Å²) in [5.74, 6) is -1.17. The normalized spacial score (nSPS) is 15.1. The molecule has 1 unspecified atom stereocenters. The van der Waals surface area contributed by atoms with Gasteiger partial charge >= 0.3 is 6.03 Å². The predicted molar refractivity (Wildman–Crippen MR) is 137 cm³/mol. The Bertz CT molecular complexity index is 1220. The molecule has 0 saturated carbocycles. The summed E-state index contributed by atoms with van der Waals surface area (Å²) in [4.78, 5) is 25.2. The molecule has 1 aliphatic rings. The second-order valence-corrected chi connectivity index (χ2v) is 8.59. The standard InChI is InChI=1S/C13H17F2NO.C13H15N5O2/c1-17-7-6-16-5-4-11(9-16)10-2-3-12(14)13(15)8-10;1-8-10(12(19)15-2)17-18(11(8)16-13(14)20)9-6-4-3-5-7-9/h2-3,8,11H,4-7,9H2,1H3;3-7H,1-2H3,(H,15,19)(H3,14,16,20). The Hall–Kier alpha value is -3.83. The van der Waals surface area contributed by atoms with Crippen molar-refractivity contribution in [3.05, 3.63) is 77.0 Å². The van der Waals surface area contributed by atoms with Gasteiger partial charge in [-0.2, -0.15) is 5.10 Å². The minimum Gasteiger partial charge on any atom is -0.383 e. The summed E-state index contributed by atoms with van der Waals surface area (Å²) in [7, 11) is 3.20. The van der Waals surface area contributed by atoms with Gasteiger partial charge in [-0.25, -0.2) is 18.3 Å². The number of nitrogens with one attached hydrogen (secondary N) is 2. The van der Waals surface area contributed by atoms with Crippen LogP contribution in [0.25, 0.3) is 5.69 Å². The molecule has 0 radical (unpaired) electrons. The maximum atomic E-state index is 13.1. The number of halogens is 2. The molecule has 0 spiro atoms. The summed E-state index contributed by atoms with van der Waals surface area (Å²) in [5, 5.41) is 9.25. The Morgan fingerprint density at radius 2 is 1.89 bits per heavy atom. The van der Waals surface area contributed by atoms with Crippen molar-refractivity contribution in [2.75, 3.05) is 45.7 Å². The lowest BCUT2D eigenvalue weighted by Gasteiger charge is -2.15. The number of carbonyl (C=O) groups excluding carboxylic acids is 2. The Balaban J connectivity index is 0.000000208. The SMILES string of the molecule is CNC(=O)c1nn(-c2ccccc2)c(NC(N)=O)c1C.COCCN1CCC(c2ccc(F)c(F)c2)C1. The molecular formula is C26H32F2N6O3. The van der Waals surface area contributed by atoms with Gasteiger partial charge in [0, 0.05) is 32.8 Å². The molecule has 2 aromatic carbocycles. The van der Waals surface area contributed by atoms with E-state index in [1.54, 1.807) is 20.1 Å². The summed E-state index contributed by atoms with van der Waals surface area (Å²) in [6.07, 6.45) is 0.995. The van der Waals surface area contributed by atoms with Crippen LogP contribution in [0.4, 0.5) is 19.4 Å². The second-order valence-electron chi connectivity index (χ2n) is 8.59. The molecule has 198 valence electrons. The van der Waals surface area contributed by atoms with Crippen LogP contribution in [-0.4, -0.2) is 67.0 Å². The van der Waals surface area contributed by atoms with Gasteiger partial charge in [0.2, 0.25) is 0 Å². The third-order valence-corrected chi connectivity index (χ3v) is 6.11. The van der Waals surface area contributed by atoms with Crippen LogP contribution in [-0.2, 0) is 4.74 Å². The molecule has 4 N–H and O–H groups in total. The van der Waals surface area contributed by atoms with E-state index in [9.17, 15) is 18.4 Å². The minimum absolute atomic E-state index is 0.236. The van der Waals surface area contributed by atoms with E-state index in [1.165, 1.54) is 23.9 Å². The number of amides is 3. The number of aromatic nitrogens is 2. The number of ether oxygens (including phenoxy) is 1. The van der Waals surface area contributed by atoms with Crippen LogP contribution < -0.4 is 16.4 Å². The van der Waals surface area contributed by atoms with Gasteiger partial charge in [0.25, 0.3) is 5.91 Å². The maximum absolute atomic E-state index is 13.1. The fraction of sp³-hybridized carbons (Fsp3) is 0.346. The van der Waals surface area contributed by atoms with E-state index in [0.29, 0.717) is 23.9 Å². The average Bonchev–Trinajstić information content (AvgIpc) is 3.49. The summed E-state index contributed by atoms with van der Waals surface area (Å²) < 4.78 is 32.5. The highest BCUT2D eigenvalue weighted by Gasteiger charge is 2.24. The number of primary amides is 1. The molecule has 3 amide bonds. The van der Waals surface area contributed by atoms with Crippen LogP contribution in [0.3, 0.4) is 0 Å². The first-order chi connectivity index (χ1) is 17.7. The molecule has 1 atom stereocenters. The molecule has 1 saturated heterocycles. The summed E-state index contributed by atoms with van der Waals surface area (Å²) in [6.45, 7) is 5.20. The average molecular weight is 515 g/mol. The van der Waals surface area contributed by atoms with Gasteiger partial charge in [-0.15, -0.1) is 0 Å². The van der Waals surface area contributed by atoms with E-state index >= 15 is 0 Å². The molecular weight excluding hydrogens is 482 g/mol. The predicted octanol–water partition coefficient (Wildman–Crippen LogP) is 3.43. The molecule has 37 heavy (non-hydrogen) atoms. The molecule has 0 aliphatic carbocycles. The molecule has 11 heteroatoms. The van der Waals surface area contributed by atoms with Gasteiger partial charge < -0.3 is 20.7 Å². The van der Waals surface area contributed by atoms with E-state index in [-0.39, 0.29) is 11.6 Å². The van der Waals surface area contributed by atoms with E-state index in [1.807, 2.05) is 30.3 Å². The van der Waals surface area contributed by atoms with Crippen molar-refractivity contribution >= 4 is 17.8 Å². The summed E-state index contributed by atoms with van der Waals surface area (Å²) in [6, 6.07) is 12.7. The van der Waals surface area contributed by atoms with Crippen LogP contribution >= 0.6 is 0 Å². The molecule has 3 aromatic rings. The summed E-state index contributed by atoms with van der Waals surface area (Å²) in [5.41, 5.74) is 7.56. The number of anilines is 1. The van der Waals surface area contributed by atoms with Gasteiger partial charge in [0.05, 0.1) is 12.3 Å². The van der Waals surface area contributed by atoms with Crippen LogP contribution in [0.1, 0.15) is 34.0 Å². The van der Waals surface area contributed by atoms with Crippen LogP contribution in [0.5, 0.6) is 0 Å². The highest BCUT2D eigenvalue weighted by atomic mass is 19.2. The molecule has 0 bridgehead atoms. The van der Waals surface area contributed by atoms with Gasteiger partial charge in [0.1, 0.15) is 5.82 Å². The lowest BCUT2D eigenvalue weighted by Crippen LogP contribution is -2.24. The van der Waals surface area contributed by atoms with Crippen molar-refractivity contribution in [3.63, 3.8) is 0 Å². The molecule has 1 fully saturated rings. The highest BCUT2D eigenvalue weighted by molar-refractivity contribution is 5.97. The van der Waals surface area contributed by atoms with Crippen molar-refractivity contribution in [2.45, 2.75) is 19.3 Å². The zero-order valence-corrected chi connectivity index (χ0v) is 21.1. The van der Waals surface area contributed by atoms with Gasteiger partial charge in [0.15, 0.2) is 17.3 Å². The number of carbonyl (C=O) groups is 2. The highest BCUT2D eigenvalue weighted by Crippen LogP contribution is 2.28. The number of rotatable bonds is 7. The van der Waals surface area contributed by atoms with Crippen LogP contribution in [0, 0.1) is 18.6 Å². The largest absolute Gasteiger partial charge is 0.383 e. The number of nitrogens with two attached hydrogens (primary N) is 1. The third kappa shape index (κ3) is 7.11. The number of urea groups is 1. The molecule has 9 nitrogen and oxygen atoms in total. The zero-order chi connectivity index (χ0) is 26.9. The van der Waals surface area contributed by atoms with Gasteiger partial charge in [-0.1, -0.05) is 24.3 Å². The van der Waals surface area contributed by atoms with Crippen molar-refractivity contribution < 1.29 is 23.1 Å². The first-order valence-corrected chi connectivity index (χ1v) is 11.8. The quantitative estimate of drug-likeness (QED) is 0.447. The fourth-order valence-electron chi connectivity index (χ4n) is 4.14. The topological polar surface area (TPSA) is 115 Å². The summed E-state index contributed by atoms with van der Waals surface area (Å²) >= 11 is 0. The number of nitrogens with zero attached hydrogens (tertiary/aromatic N) is 3. The number of likely N-dealkylation sites (tertiary alicyclic amines) is 1. The molecule has 1 aliphatic heterocycles. The number of benzene rings is 2. The van der Waals surface area contributed by atoms with Crippen molar-refractivity contribution in [3.8, 4) is 5.69 Å². The number of para-hydroxylation sites is 1. The Morgan fingerprint density at radius 3 is 2.51 bits per heavy atom. The van der Waals surface area contributed by atoms with Gasteiger partial charge in [-0.05, 0) is 55.6 Å². The van der Waals surface area contributed by atoms with E-state index in [4.69, 9.17) is 10.5 Å². The second kappa shape index (κ2) is 12.9. The van der Waals surface area contributed by atoms with Crippen molar-refractivity contribution in [2.24, 2.45) is 5.73 Å². The van der Waals surface area contributed by atoms with Crippen LogP contribution in [0.2, 0.25) is 0 Å². The van der Waals surface area contributed by atoms with Crippen LogP contribution in [0.15, 0.2) is 48.5 Å². The first-order valence-electron chi connectivity index (χ1n) is 11.8. The number of hydrogen-bond acceptors (Lipinski definition) is 5. The molecule has 1 aromatic heterocycles. The zero-order valence-electron chi connectivity index (χ0n) is 21.1. The molecule has 2 heterocycles. The number of hydrogen-bond donors (Lipinski definition) is 3. The van der Waals surface area contributed by atoms with E-state index < -0.39 is 17.7 Å². The Morgan fingerprint density at radius 1 is 1.16 bits per heavy atom. The van der Waals surface area contributed by atoms with Gasteiger partial charge in [-0.3, -0.25) is 10.1 Å².